The number of pyridine rings is 1. The van der Waals surface area contributed by atoms with E-state index in [1.165, 1.54) is 12.3 Å². The summed E-state index contributed by atoms with van der Waals surface area (Å²) in [7, 11) is 0. The number of benzene rings is 1. The van der Waals surface area contributed by atoms with Crippen LogP contribution in [0.1, 0.15) is 52.2 Å². The van der Waals surface area contributed by atoms with E-state index in [1.807, 2.05) is 13.8 Å². The Balaban J connectivity index is 1.69. The molecule has 27 heavy (non-hydrogen) atoms. The fourth-order valence-corrected chi connectivity index (χ4v) is 2.42. The van der Waals surface area contributed by atoms with Gasteiger partial charge in [0.1, 0.15) is 0 Å². The van der Waals surface area contributed by atoms with E-state index >= 15 is 0 Å². The van der Waals surface area contributed by atoms with Crippen LogP contribution in [0.15, 0.2) is 47.1 Å². The van der Waals surface area contributed by atoms with Gasteiger partial charge in [0.15, 0.2) is 5.82 Å². The minimum absolute atomic E-state index is 0.118. The Morgan fingerprint density at radius 1 is 1.19 bits per heavy atom. The monoisotopic (exact) mass is 366 g/mol. The smallest absolute Gasteiger partial charge is 0.336 e. The van der Waals surface area contributed by atoms with Gasteiger partial charge < -0.3 is 14.9 Å². The maximum absolute atomic E-state index is 12.3. The van der Waals surface area contributed by atoms with Crippen LogP contribution in [0.4, 0.5) is 0 Å². The van der Waals surface area contributed by atoms with Crippen molar-refractivity contribution in [2.45, 2.75) is 26.3 Å². The predicted molar refractivity (Wildman–Crippen MR) is 96.2 cm³/mol. The highest BCUT2D eigenvalue weighted by Gasteiger charge is 2.14. The summed E-state index contributed by atoms with van der Waals surface area (Å²) in [4.78, 5) is 32.0. The molecule has 0 aliphatic heterocycles. The molecule has 1 aromatic carbocycles. The molecule has 3 rings (SSSR count). The summed E-state index contributed by atoms with van der Waals surface area (Å²) in [6, 6.07) is 9.77. The molecular weight excluding hydrogens is 348 g/mol. The molecule has 0 aliphatic carbocycles. The van der Waals surface area contributed by atoms with Crippen LogP contribution in [0.2, 0.25) is 0 Å². The lowest BCUT2D eigenvalue weighted by molar-refractivity contribution is 0.0697. The number of aromatic nitrogens is 3. The summed E-state index contributed by atoms with van der Waals surface area (Å²) in [5, 5.41) is 15.8. The summed E-state index contributed by atoms with van der Waals surface area (Å²) >= 11 is 0. The van der Waals surface area contributed by atoms with Crippen LogP contribution in [0.5, 0.6) is 0 Å². The molecule has 2 N–H and O–H groups in total. The molecule has 8 heteroatoms. The van der Waals surface area contributed by atoms with Crippen LogP contribution in [0.3, 0.4) is 0 Å². The number of hydrogen-bond acceptors (Lipinski definition) is 6. The van der Waals surface area contributed by atoms with Gasteiger partial charge in [0.25, 0.3) is 5.91 Å². The van der Waals surface area contributed by atoms with Crippen molar-refractivity contribution in [2.75, 3.05) is 0 Å². The first-order chi connectivity index (χ1) is 13.0. The zero-order chi connectivity index (χ0) is 19.4. The summed E-state index contributed by atoms with van der Waals surface area (Å²) in [6.07, 6.45) is 1.40. The molecule has 0 atom stereocenters. The van der Waals surface area contributed by atoms with Gasteiger partial charge in [-0.1, -0.05) is 37.2 Å². The van der Waals surface area contributed by atoms with E-state index < -0.39 is 5.97 Å². The molecule has 0 radical (unpaired) electrons. The first-order valence-corrected chi connectivity index (χ1v) is 8.35. The summed E-state index contributed by atoms with van der Waals surface area (Å²) in [6.45, 7) is 4.01. The second-order valence-electron chi connectivity index (χ2n) is 6.17. The van der Waals surface area contributed by atoms with E-state index in [-0.39, 0.29) is 23.9 Å². The second kappa shape index (κ2) is 7.77. The maximum atomic E-state index is 12.3. The Kier molecular flexibility index (Phi) is 5.25. The highest BCUT2D eigenvalue weighted by molar-refractivity contribution is 5.96. The average Bonchev–Trinajstić information content (AvgIpc) is 3.15. The molecule has 2 aromatic heterocycles. The van der Waals surface area contributed by atoms with E-state index in [2.05, 4.69) is 20.4 Å². The number of hydrogen-bond donors (Lipinski definition) is 2. The van der Waals surface area contributed by atoms with Gasteiger partial charge in [-0.2, -0.15) is 4.98 Å². The van der Waals surface area contributed by atoms with Gasteiger partial charge in [-0.15, -0.1) is 0 Å². The van der Waals surface area contributed by atoms with Crippen molar-refractivity contribution < 1.29 is 19.2 Å². The van der Waals surface area contributed by atoms with Crippen LogP contribution in [-0.4, -0.2) is 32.1 Å². The highest BCUT2D eigenvalue weighted by atomic mass is 16.5. The van der Waals surface area contributed by atoms with Gasteiger partial charge in [-0.25, -0.2) is 4.79 Å². The molecule has 1 amide bonds. The zero-order valence-corrected chi connectivity index (χ0v) is 14.8. The van der Waals surface area contributed by atoms with Crippen LogP contribution in [0, 0.1) is 0 Å². The van der Waals surface area contributed by atoms with Gasteiger partial charge in [-0.05, 0) is 18.2 Å². The number of carbonyl (C=O) groups is 2. The standard InChI is InChI=1S/C19H18N4O4/c1-11(2)18-22-16(23-27-18)10-21-17(24)12-7-8-15(20-9-12)13-5-3-4-6-14(13)19(25)26/h3-9,11H,10H2,1-2H3,(H,21,24)(H,25,26). The molecule has 0 saturated carbocycles. The molecule has 0 unspecified atom stereocenters. The van der Waals surface area contributed by atoms with E-state index in [0.29, 0.717) is 28.5 Å². The number of carbonyl (C=O) groups excluding carboxylic acids is 1. The van der Waals surface area contributed by atoms with Crippen molar-refractivity contribution in [3.8, 4) is 11.3 Å². The third kappa shape index (κ3) is 4.17. The number of amides is 1. The minimum Gasteiger partial charge on any atom is -0.478 e. The number of nitrogens with one attached hydrogen (secondary N) is 1. The number of carboxylic acid groups (broad SMARTS) is 1. The molecule has 0 spiro atoms. The minimum atomic E-state index is -1.03. The zero-order valence-electron chi connectivity index (χ0n) is 14.8. The quantitative estimate of drug-likeness (QED) is 0.688. The third-order valence-electron chi connectivity index (χ3n) is 3.84. The fourth-order valence-electron chi connectivity index (χ4n) is 2.42. The van der Waals surface area contributed by atoms with Crippen LogP contribution >= 0.6 is 0 Å². The normalized spacial score (nSPS) is 10.8. The first kappa shape index (κ1) is 18.2. The molecule has 138 valence electrons. The van der Waals surface area contributed by atoms with E-state index in [1.54, 1.807) is 30.3 Å². The van der Waals surface area contributed by atoms with Gasteiger partial charge >= 0.3 is 5.97 Å². The summed E-state index contributed by atoms with van der Waals surface area (Å²) in [5.41, 5.74) is 1.47. The van der Waals surface area contributed by atoms with E-state index in [0.717, 1.165) is 0 Å². The summed E-state index contributed by atoms with van der Waals surface area (Å²) < 4.78 is 5.09. The van der Waals surface area contributed by atoms with Crippen molar-refractivity contribution in [3.05, 3.63) is 65.4 Å². The largest absolute Gasteiger partial charge is 0.478 e. The van der Waals surface area contributed by atoms with Gasteiger partial charge in [0.2, 0.25) is 5.89 Å². The Labute approximate surface area is 155 Å². The fraction of sp³-hybridized carbons (Fsp3) is 0.211. The molecule has 3 aromatic rings. The molecule has 2 heterocycles. The molecule has 0 bridgehead atoms. The Bertz CT molecular complexity index is 964. The van der Waals surface area contributed by atoms with E-state index in [9.17, 15) is 14.7 Å². The van der Waals surface area contributed by atoms with Crippen LogP contribution < -0.4 is 5.32 Å². The lowest BCUT2D eigenvalue weighted by atomic mass is 10.0. The topological polar surface area (TPSA) is 118 Å². The number of nitrogens with zero attached hydrogens (tertiary/aromatic N) is 3. The molecule has 8 nitrogen and oxygen atoms in total. The highest BCUT2D eigenvalue weighted by Crippen LogP contribution is 2.22. The molecule has 0 aliphatic rings. The van der Waals surface area contributed by atoms with Crippen molar-refractivity contribution in [1.29, 1.82) is 0 Å². The van der Waals surface area contributed by atoms with Crippen LogP contribution in [-0.2, 0) is 6.54 Å². The van der Waals surface area contributed by atoms with Gasteiger partial charge in [0, 0.05) is 17.7 Å². The predicted octanol–water partition coefficient (Wildman–Crippen LogP) is 2.88. The lowest BCUT2D eigenvalue weighted by Gasteiger charge is -2.07. The van der Waals surface area contributed by atoms with Gasteiger partial charge in [0.05, 0.1) is 23.4 Å². The van der Waals surface area contributed by atoms with E-state index in [4.69, 9.17) is 4.52 Å². The molecular formula is C19H18N4O4. The Morgan fingerprint density at radius 2 is 1.96 bits per heavy atom. The lowest BCUT2D eigenvalue weighted by Crippen LogP contribution is -2.23. The van der Waals surface area contributed by atoms with Gasteiger partial charge in [-0.3, -0.25) is 9.78 Å². The number of rotatable bonds is 6. The SMILES string of the molecule is CC(C)c1nc(CNC(=O)c2ccc(-c3ccccc3C(=O)O)nc2)no1. The number of carboxylic acids is 1. The third-order valence-corrected chi connectivity index (χ3v) is 3.84. The average molecular weight is 366 g/mol. The van der Waals surface area contributed by atoms with Crippen molar-refractivity contribution in [3.63, 3.8) is 0 Å². The van der Waals surface area contributed by atoms with Crippen LogP contribution in [0.25, 0.3) is 11.3 Å². The Hall–Kier alpha value is -3.55. The molecule has 0 fully saturated rings. The van der Waals surface area contributed by atoms with Crippen molar-refractivity contribution >= 4 is 11.9 Å². The second-order valence-corrected chi connectivity index (χ2v) is 6.17. The molecule has 0 saturated heterocycles. The number of aromatic carboxylic acids is 1. The van der Waals surface area contributed by atoms with Crippen molar-refractivity contribution in [2.24, 2.45) is 0 Å². The van der Waals surface area contributed by atoms with Crippen molar-refractivity contribution in [1.82, 2.24) is 20.4 Å². The maximum Gasteiger partial charge on any atom is 0.336 e. The first-order valence-electron chi connectivity index (χ1n) is 8.35. The summed E-state index contributed by atoms with van der Waals surface area (Å²) in [5.74, 6) is -0.340. The Morgan fingerprint density at radius 3 is 2.59 bits per heavy atom.